The molecule has 2 aromatic carbocycles. The van der Waals surface area contributed by atoms with Gasteiger partial charge in [0.15, 0.2) is 5.76 Å². The lowest BCUT2D eigenvalue weighted by Gasteiger charge is -2.05. The second kappa shape index (κ2) is 7.32. The zero-order valence-corrected chi connectivity index (χ0v) is 15.5. The van der Waals surface area contributed by atoms with Crippen molar-refractivity contribution < 1.29 is 18.4 Å². The average Bonchev–Trinajstić information content (AvgIpc) is 3.33. The van der Waals surface area contributed by atoms with Crippen LogP contribution < -0.4 is 5.32 Å². The quantitative estimate of drug-likeness (QED) is 0.504. The SMILES string of the molecule is CCc1nnsc1C(=O)Nc1c(C(=O)c2ccc(F)cc2)oc2ccccc12. The molecule has 0 atom stereocenters. The van der Waals surface area contributed by atoms with Gasteiger partial charge in [0.25, 0.3) is 5.91 Å². The van der Waals surface area contributed by atoms with E-state index < -0.39 is 17.5 Å². The Morgan fingerprint density at radius 3 is 2.64 bits per heavy atom. The van der Waals surface area contributed by atoms with Gasteiger partial charge in [-0.2, -0.15) is 0 Å². The third-order valence-corrected chi connectivity index (χ3v) is 5.01. The number of benzene rings is 2. The smallest absolute Gasteiger partial charge is 0.269 e. The molecule has 2 aromatic heterocycles. The number of para-hydroxylation sites is 1. The van der Waals surface area contributed by atoms with E-state index in [0.29, 0.717) is 28.0 Å². The van der Waals surface area contributed by atoms with Crippen molar-refractivity contribution in [3.63, 3.8) is 0 Å². The molecule has 8 heteroatoms. The van der Waals surface area contributed by atoms with Gasteiger partial charge in [0.2, 0.25) is 5.78 Å². The maximum atomic E-state index is 13.2. The number of nitrogens with zero attached hydrogens (tertiary/aromatic N) is 2. The summed E-state index contributed by atoms with van der Waals surface area (Å²) in [6.07, 6.45) is 0.562. The van der Waals surface area contributed by atoms with Gasteiger partial charge in [-0.25, -0.2) is 4.39 Å². The van der Waals surface area contributed by atoms with Gasteiger partial charge in [0.1, 0.15) is 16.3 Å². The summed E-state index contributed by atoms with van der Waals surface area (Å²) in [6.45, 7) is 1.88. The van der Waals surface area contributed by atoms with Gasteiger partial charge in [-0.15, -0.1) is 5.10 Å². The van der Waals surface area contributed by atoms with Crippen LogP contribution in [0.4, 0.5) is 10.1 Å². The molecule has 0 aliphatic heterocycles. The summed E-state index contributed by atoms with van der Waals surface area (Å²) >= 11 is 0.991. The van der Waals surface area contributed by atoms with Crippen molar-refractivity contribution >= 4 is 39.9 Å². The van der Waals surface area contributed by atoms with Gasteiger partial charge in [0, 0.05) is 10.9 Å². The number of carbonyl (C=O) groups is 2. The third kappa shape index (κ3) is 3.18. The van der Waals surface area contributed by atoms with Crippen molar-refractivity contribution in [3.05, 3.63) is 76.2 Å². The van der Waals surface area contributed by atoms with E-state index in [1.54, 1.807) is 24.3 Å². The summed E-state index contributed by atoms with van der Waals surface area (Å²) in [7, 11) is 0. The lowest BCUT2D eigenvalue weighted by Crippen LogP contribution is -2.14. The highest BCUT2D eigenvalue weighted by molar-refractivity contribution is 7.08. The minimum atomic E-state index is -0.454. The highest BCUT2D eigenvalue weighted by Gasteiger charge is 2.25. The fourth-order valence-corrected chi connectivity index (χ4v) is 3.49. The fraction of sp³-hybridized carbons (Fsp3) is 0.100. The average molecular weight is 395 g/mol. The number of aryl methyl sites for hydroxylation is 1. The molecule has 4 rings (SSSR count). The molecule has 0 saturated carbocycles. The van der Waals surface area contributed by atoms with Crippen LogP contribution in [0.5, 0.6) is 0 Å². The molecule has 0 fully saturated rings. The largest absolute Gasteiger partial charge is 0.450 e. The van der Waals surface area contributed by atoms with Crippen molar-refractivity contribution in [3.8, 4) is 0 Å². The molecule has 0 aliphatic rings. The molecule has 0 saturated heterocycles. The Balaban J connectivity index is 1.78. The molecule has 0 bridgehead atoms. The predicted molar refractivity (Wildman–Crippen MR) is 103 cm³/mol. The zero-order valence-electron chi connectivity index (χ0n) is 14.7. The molecule has 0 radical (unpaired) electrons. The van der Waals surface area contributed by atoms with E-state index in [4.69, 9.17) is 4.42 Å². The van der Waals surface area contributed by atoms with E-state index in [9.17, 15) is 14.0 Å². The summed E-state index contributed by atoms with van der Waals surface area (Å²) in [6, 6.07) is 12.2. The number of amides is 1. The Bertz CT molecular complexity index is 1180. The van der Waals surface area contributed by atoms with Crippen LogP contribution in [0.3, 0.4) is 0 Å². The van der Waals surface area contributed by atoms with Crippen molar-refractivity contribution in [2.75, 3.05) is 5.32 Å². The van der Waals surface area contributed by atoms with Crippen LogP contribution in [0.1, 0.15) is 38.4 Å². The maximum absolute atomic E-state index is 13.2. The molecule has 1 N–H and O–H groups in total. The Labute approximate surface area is 163 Å². The molecule has 1 amide bonds. The van der Waals surface area contributed by atoms with Gasteiger partial charge in [-0.05, 0) is 54.4 Å². The Morgan fingerprint density at radius 1 is 1.14 bits per heavy atom. The summed E-state index contributed by atoms with van der Waals surface area (Å²) in [5.41, 5.74) is 1.57. The number of halogens is 1. The second-order valence-electron chi connectivity index (χ2n) is 5.99. The van der Waals surface area contributed by atoms with Crippen LogP contribution in [0, 0.1) is 5.82 Å². The zero-order chi connectivity index (χ0) is 19.7. The number of carbonyl (C=O) groups excluding carboxylic acids is 2. The van der Waals surface area contributed by atoms with Gasteiger partial charge in [0.05, 0.1) is 11.4 Å². The fourth-order valence-electron chi connectivity index (χ4n) is 2.84. The predicted octanol–water partition coefficient (Wildman–Crippen LogP) is 4.47. The lowest BCUT2D eigenvalue weighted by atomic mass is 10.1. The van der Waals surface area contributed by atoms with Crippen LogP contribution in [0.25, 0.3) is 11.0 Å². The molecule has 0 unspecified atom stereocenters. The normalized spacial score (nSPS) is 10.9. The van der Waals surface area contributed by atoms with Crippen LogP contribution in [-0.2, 0) is 6.42 Å². The number of anilines is 1. The summed E-state index contributed by atoms with van der Waals surface area (Å²) in [4.78, 5) is 26.1. The van der Waals surface area contributed by atoms with E-state index in [1.807, 2.05) is 6.92 Å². The van der Waals surface area contributed by atoms with Crippen molar-refractivity contribution in [1.82, 2.24) is 9.59 Å². The minimum absolute atomic E-state index is 0.0170. The summed E-state index contributed by atoms with van der Waals surface area (Å²) in [5.74, 6) is -1.33. The van der Waals surface area contributed by atoms with E-state index in [1.165, 1.54) is 24.3 Å². The van der Waals surface area contributed by atoms with E-state index in [2.05, 4.69) is 14.9 Å². The van der Waals surface area contributed by atoms with Crippen molar-refractivity contribution in [1.29, 1.82) is 0 Å². The van der Waals surface area contributed by atoms with Gasteiger partial charge in [-0.3, -0.25) is 9.59 Å². The topological polar surface area (TPSA) is 85.1 Å². The monoisotopic (exact) mass is 395 g/mol. The number of rotatable bonds is 5. The molecule has 2 heterocycles. The Hall–Kier alpha value is -3.39. The van der Waals surface area contributed by atoms with Crippen LogP contribution in [-0.4, -0.2) is 21.3 Å². The molecule has 6 nitrogen and oxygen atoms in total. The number of ketones is 1. The van der Waals surface area contributed by atoms with E-state index >= 15 is 0 Å². The highest BCUT2D eigenvalue weighted by atomic mass is 32.1. The van der Waals surface area contributed by atoms with E-state index in [0.717, 1.165) is 11.5 Å². The molecule has 0 aliphatic carbocycles. The van der Waals surface area contributed by atoms with Crippen LogP contribution in [0.15, 0.2) is 52.9 Å². The molecule has 4 aromatic rings. The van der Waals surface area contributed by atoms with Gasteiger partial charge < -0.3 is 9.73 Å². The maximum Gasteiger partial charge on any atom is 0.269 e. The van der Waals surface area contributed by atoms with Gasteiger partial charge >= 0.3 is 0 Å². The Kier molecular flexibility index (Phi) is 4.70. The first-order valence-electron chi connectivity index (χ1n) is 8.53. The third-order valence-electron chi connectivity index (χ3n) is 4.24. The molecule has 0 spiro atoms. The van der Waals surface area contributed by atoms with E-state index in [-0.39, 0.29) is 17.0 Å². The number of nitrogens with one attached hydrogen (secondary N) is 1. The number of hydrogen-bond acceptors (Lipinski definition) is 6. The first kappa shape index (κ1) is 18.0. The molecule has 28 heavy (non-hydrogen) atoms. The lowest BCUT2D eigenvalue weighted by molar-refractivity contribution is 0.101. The molecular weight excluding hydrogens is 381 g/mol. The number of hydrogen-bond donors (Lipinski definition) is 1. The van der Waals surface area contributed by atoms with Crippen molar-refractivity contribution in [2.24, 2.45) is 0 Å². The first-order valence-corrected chi connectivity index (χ1v) is 9.30. The first-order chi connectivity index (χ1) is 13.6. The second-order valence-corrected chi connectivity index (χ2v) is 6.75. The Morgan fingerprint density at radius 2 is 1.89 bits per heavy atom. The number of fused-ring (bicyclic) bond motifs is 1. The highest BCUT2D eigenvalue weighted by Crippen LogP contribution is 2.33. The number of furan rings is 1. The number of aromatic nitrogens is 2. The van der Waals surface area contributed by atoms with Crippen molar-refractivity contribution in [2.45, 2.75) is 13.3 Å². The molecular formula is C20H14FN3O3S. The molecule has 140 valence electrons. The minimum Gasteiger partial charge on any atom is -0.450 e. The summed E-state index contributed by atoms with van der Waals surface area (Å²) < 4.78 is 22.8. The summed E-state index contributed by atoms with van der Waals surface area (Å²) in [5, 5.41) is 7.31. The standard InChI is InChI=1S/C20H14FN3O3S/c1-2-14-19(28-24-23-14)20(26)22-16-13-5-3-4-6-15(13)27-18(16)17(25)11-7-9-12(21)10-8-11/h3-10H,2H2,1H3,(H,22,26). The van der Waals surface area contributed by atoms with Crippen LogP contribution in [0.2, 0.25) is 0 Å². The van der Waals surface area contributed by atoms with Crippen LogP contribution >= 0.6 is 11.5 Å². The van der Waals surface area contributed by atoms with Gasteiger partial charge in [-0.1, -0.05) is 23.5 Å².